The molecule has 0 heterocycles. The smallest absolute Gasteiger partial charge is 0.131 e. The molecule has 0 radical (unpaired) electrons. The van der Waals surface area contributed by atoms with Gasteiger partial charge in [-0.05, 0) is 18.2 Å². The third-order valence-electron chi connectivity index (χ3n) is 2.51. The zero-order valence-corrected chi connectivity index (χ0v) is 11.0. The molecule has 2 aromatic rings. The van der Waals surface area contributed by atoms with Gasteiger partial charge in [0.15, 0.2) is 0 Å². The molecule has 0 bridgehead atoms. The topological polar surface area (TPSA) is 9.23 Å². The number of hydrogen-bond donors (Lipinski definition) is 0. The molecule has 0 amide bonds. The minimum Gasteiger partial charge on any atom is -0.488 e. The summed E-state index contributed by atoms with van der Waals surface area (Å²) in [7, 11) is 0. The highest BCUT2D eigenvalue weighted by Gasteiger charge is 2.06. The van der Waals surface area contributed by atoms with Gasteiger partial charge >= 0.3 is 0 Å². The molecule has 0 aliphatic carbocycles. The Balaban J connectivity index is 2.11. The number of hydrogen-bond acceptors (Lipinski definition) is 1. The summed E-state index contributed by atoms with van der Waals surface area (Å²) in [5, 5.41) is 0.373. The summed E-state index contributed by atoms with van der Waals surface area (Å²) >= 11 is 11.5. The van der Waals surface area contributed by atoms with Gasteiger partial charge in [0.05, 0.1) is 5.88 Å². The summed E-state index contributed by atoms with van der Waals surface area (Å²) in [6, 6.07) is 11.9. The summed E-state index contributed by atoms with van der Waals surface area (Å²) in [5.74, 6) is 0.659. The summed E-state index contributed by atoms with van der Waals surface area (Å²) < 4.78 is 19.1. The van der Waals surface area contributed by atoms with E-state index in [1.165, 1.54) is 6.07 Å². The monoisotopic (exact) mass is 284 g/mol. The second-order valence-electron chi connectivity index (χ2n) is 3.77. The molecule has 4 heteroatoms. The van der Waals surface area contributed by atoms with Crippen LogP contribution in [0.15, 0.2) is 42.5 Å². The molecule has 0 aliphatic rings. The summed E-state index contributed by atoms with van der Waals surface area (Å²) in [6.07, 6.45) is 0. The van der Waals surface area contributed by atoms with Gasteiger partial charge in [0.25, 0.3) is 0 Å². The first-order valence-electron chi connectivity index (χ1n) is 5.41. The zero-order valence-electron chi connectivity index (χ0n) is 9.50. The minimum atomic E-state index is -0.370. The van der Waals surface area contributed by atoms with Crippen molar-refractivity contribution in [2.45, 2.75) is 12.5 Å². The van der Waals surface area contributed by atoms with Crippen LogP contribution in [0.3, 0.4) is 0 Å². The van der Waals surface area contributed by atoms with E-state index in [1.807, 2.05) is 24.3 Å². The summed E-state index contributed by atoms with van der Waals surface area (Å²) in [4.78, 5) is 0. The number of halogens is 3. The van der Waals surface area contributed by atoms with E-state index >= 15 is 0 Å². The lowest BCUT2D eigenvalue weighted by Crippen LogP contribution is -2.00. The first kappa shape index (κ1) is 13.2. The molecule has 0 fully saturated rings. The average Bonchev–Trinajstić information content (AvgIpc) is 2.38. The highest BCUT2D eigenvalue weighted by atomic mass is 35.5. The number of alkyl halides is 1. The van der Waals surface area contributed by atoms with E-state index < -0.39 is 0 Å². The Morgan fingerprint density at radius 1 is 1.06 bits per heavy atom. The van der Waals surface area contributed by atoms with E-state index in [0.717, 1.165) is 5.56 Å². The predicted octanol–water partition coefficient (Wildman–Crippen LogP) is 4.80. The van der Waals surface area contributed by atoms with Crippen LogP contribution in [0.5, 0.6) is 5.75 Å². The fraction of sp³-hybridized carbons (Fsp3) is 0.143. The van der Waals surface area contributed by atoms with Crippen LogP contribution in [0.2, 0.25) is 5.02 Å². The van der Waals surface area contributed by atoms with Crippen molar-refractivity contribution in [1.82, 2.24) is 0 Å². The third-order valence-corrected chi connectivity index (χ3v) is 3.04. The molecule has 94 valence electrons. The summed E-state index contributed by atoms with van der Waals surface area (Å²) in [6.45, 7) is 0.150. The maximum Gasteiger partial charge on any atom is 0.131 e. The predicted molar refractivity (Wildman–Crippen MR) is 71.7 cm³/mol. The van der Waals surface area contributed by atoms with Crippen LogP contribution in [-0.2, 0) is 12.5 Å². The second kappa shape index (κ2) is 6.07. The van der Waals surface area contributed by atoms with Gasteiger partial charge in [-0.3, -0.25) is 0 Å². The van der Waals surface area contributed by atoms with Crippen molar-refractivity contribution in [2.24, 2.45) is 0 Å². The number of para-hydroxylation sites is 1. The van der Waals surface area contributed by atoms with Crippen molar-refractivity contribution in [3.05, 3.63) is 64.4 Å². The van der Waals surface area contributed by atoms with E-state index in [0.29, 0.717) is 22.2 Å². The maximum absolute atomic E-state index is 13.5. The molecule has 0 spiro atoms. The Morgan fingerprint density at radius 2 is 1.83 bits per heavy atom. The molecule has 0 aromatic heterocycles. The summed E-state index contributed by atoms with van der Waals surface area (Å²) in [5.41, 5.74) is 1.34. The molecular formula is C14H11Cl2FO. The Kier molecular flexibility index (Phi) is 4.45. The number of rotatable bonds is 4. The van der Waals surface area contributed by atoms with Gasteiger partial charge in [0.2, 0.25) is 0 Å². The van der Waals surface area contributed by atoms with Crippen LogP contribution in [0, 0.1) is 5.82 Å². The van der Waals surface area contributed by atoms with Crippen molar-refractivity contribution in [3.8, 4) is 5.75 Å². The van der Waals surface area contributed by atoms with Crippen LogP contribution in [0.1, 0.15) is 11.1 Å². The molecule has 2 rings (SSSR count). The van der Waals surface area contributed by atoms with Crippen molar-refractivity contribution < 1.29 is 9.13 Å². The first-order chi connectivity index (χ1) is 8.70. The second-order valence-corrected chi connectivity index (χ2v) is 4.47. The minimum absolute atomic E-state index is 0.150. The van der Waals surface area contributed by atoms with E-state index in [4.69, 9.17) is 27.9 Å². The fourth-order valence-electron chi connectivity index (χ4n) is 1.55. The van der Waals surface area contributed by atoms with E-state index in [1.54, 1.807) is 12.1 Å². The van der Waals surface area contributed by atoms with E-state index in [2.05, 4.69) is 0 Å². The van der Waals surface area contributed by atoms with Gasteiger partial charge < -0.3 is 4.74 Å². The van der Waals surface area contributed by atoms with Crippen molar-refractivity contribution >= 4 is 23.2 Å². The molecule has 0 N–H and O–H groups in total. The standard InChI is InChI=1S/C14H11Cl2FO/c15-8-10-3-1-2-4-14(10)18-9-11-5-6-12(16)7-13(11)17/h1-7H,8-9H2. The molecule has 1 nitrogen and oxygen atoms in total. The molecule has 18 heavy (non-hydrogen) atoms. The van der Waals surface area contributed by atoms with Gasteiger partial charge in [-0.2, -0.15) is 0 Å². The van der Waals surface area contributed by atoms with Crippen LogP contribution in [-0.4, -0.2) is 0 Å². The highest BCUT2D eigenvalue weighted by molar-refractivity contribution is 6.30. The van der Waals surface area contributed by atoms with Crippen LogP contribution < -0.4 is 4.74 Å². The lowest BCUT2D eigenvalue weighted by molar-refractivity contribution is 0.297. The largest absolute Gasteiger partial charge is 0.488 e. The van der Waals surface area contributed by atoms with Crippen LogP contribution >= 0.6 is 23.2 Å². The number of benzene rings is 2. The molecule has 0 unspecified atom stereocenters. The zero-order chi connectivity index (χ0) is 13.0. The lowest BCUT2D eigenvalue weighted by atomic mass is 10.2. The molecule has 0 saturated heterocycles. The van der Waals surface area contributed by atoms with Crippen molar-refractivity contribution in [2.75, 3.05) is 0 Å². The lowest BCUT2D eigenvalue weighted by Gasteiger charge is -2.10. The van der Waals surface area contributed by atoms with Gasteiger partial charge in [-0.15, -0.1) is 11.6 Å². The normalized spacial score (nSPS) is 10.4. The Hall–Kier alpha value is -1.25. The highest BCUT2D eigenvalue weighted by Crippen LogP contribution is 2.22. The van der Waals surface area contributed by atoms with Crippen molar-refractivity contribution in [3.63, 3.8) is 0 Å². The Bertz CT molecular complexity index is 543. The van der Waals surface area contributed by atoms with Crippen LogP contribution in [0.25, 0.3) is 0 Å². The Labute approximate surface area is 115 Å². The van der Waals surface area contributed by atoms with Gasteiger partial charge in [0, 0.05) is 16.1 Å². The third kappa shape index (κ3) is 3.15. The molecule has 0 aliphatic heterocycles. The molecule has 0 saturated carbocycles. The first-order valence-corrected chi connectivity index (χ1v) is 6.32. The van der Waals surface area contributed by atoms with Gasteiger partial charge in [0.1, 0.15) is 18.2 Å². The maximum atomic E-state index is 13.5. The molecule has 2 aromatic carbocycles. The average molecular weight is 285 g/mol. The quantitative estimate of drug-likeness (QED) is 0.733. The fourth-order valence-corrected chi connectivity index (χ4v) is 1.93. The van der Waals surface area contributed by atoms with E-state index in [-0.39, 0.29) is 12.4 Å². The Morgan fingerprint density at radius 3 is 2.56 bits per heavy atom. The number of ether oxygens (including phenoxy) is 1. The van der Waals surface area contributed by atoms with Crippen molar-refractivity contribution in [1.29, 1.82) is 0 Å². The van der Waals surface area contributed by atoms with Gasteiger partial charge in [-0.25, -0.2) is 4.39 Å². The van der Waals surface area contributed by atoms with Gasteiger partial charge in [-0.1, -0.05) is 35.9 Å². The molecular weight excluding hydrogens is 274 g/mol. The van der Waals surface area contributed by atoms with E-state index in [9.17, 15) is 4.39 Å². The van der Waals surface area contributed by atoms with Crippen LogP contribution in [0.4, 0.5) is 4.39 Å². The molecule has 0 atom stereocenters. The SMILES string of the molecule is Fc1cc(Cl)ccc1COc1ccccc1CCl.